The molecule has 0 radical (unpaired) electrons. The van der Waals surface area contributed by atoms with E-state index in [2.05, 4.69) is 0 Å². The lowest BCUT2D eigenvalue weighted by Crippen LogP contribution is -2.59. The van der Waals surface area contributed by atoms with Gasteiger partial charge in [-0.25, -0.2) is 9.59 Å². The number of carboxylic acid groups (broad SMARTS) is 1. The zero-order valence-corrected chi connectivity index (χ0v) is 8.51. The van der Waals surface area contributed by atoms with Crippen LogP contribution in [0.1, 0.15) is 12.8 Å². The van der Waals surface area contributed by atoms with E-state index < -0.39 is 30.2 Å². The molecule has 0 saturated carbocycles. The predicted molar refractivity (Wildman–Crippen MR) is 51.0 cm³/mol. The molecule has 1 aliphatic heterocycles. The van der Waals surface area contributed by atoms with Crippen molar-refractivity contribution < 1.29 is 24.2 Å². The minimum Gasteiger partial charge on any atom is -0.480 e. The minimum atomic E-state index is -1.72. The van der Waals surface area contributed by atoms with Crippen LogP contribution in [0.5, 0.6) is 0 Å². The second kappa shape index (κ2) is 4.35. The lowest BCUT2D eigenvalue weighted by atomic mass is 10.1. The topological polar surface area (TPSA) is 136 Å². The number of carboxylic acids is 1. The number of rotatable bonds is 4. The fourth-order valence-corrected chi connectivity index (χ4v) is 1.74. The highest BCUT2D eigenvalue weighted by Gasteiger charge is 2.49. The van der Waals surface area contributed by atoms with Crippen molar-refractivity contribution in [1.29, 1.82) is 0 Å². The average Bonchev–Trinajstić information content (AvgIpc) is 2.59. The summed E-state index contributed by atoms with van der Waals surface area (Å²) in [5, 5.41) is 8.48. The molecule has 1 aliphatic rings. The number of nitrogens with two attached hydrogens (primary N) is 2. The summed E-state index contributed by atoms with van der Waals surface area (Å²) >= 11 is 0. The molecule has 0 aromatic carbocycles. The standard InChI is InChI=1S/C8H13N3O5/c9-6(14)8(16-4-5(12)13)2-1-3-11(8)7(10)15/h1-4H2,(H2,9,14)(H2,10,15)(H,12,13). The molecule has 1 unspecified atom stereocenters. The first-order chi connectivity index (χ1) is 7.40. The Hall–Kier alpha value is -1.83. The molecule has 8 heteroatoms. The van der Waals surface area contributed by atoms with E-state index in [1.807, 2.05) is 0 Å². The van der Waals surface area contributed by atoms with Crippen molar-refractivity contribution in [2.75, 3.05) is 13.2 Å². The number of nitrogens with zero attached hydrogens (tertiary/aromatic N) is 1. The Kier molecular flexibility index (Phi) is 3.33. The normalized spacial score (nSPS) is 24.4. The van der Waals surface area contributed by atoms with Gasteiger partial charge in [0, 0.05) is 13.0 Å². The molecule has 0 spiro atoms. The van der Waals surface area contributed by atoms with Gasteiger partial charge >= 0.3 is 12.0 Å². The molecule has 5 N–H and O–H groups in total. The van der Waals surface area contributed by atoms with E-state index in [0.717, 1.165) is 4.90 Å². The molecule has 3 amide bonds. The third-order valence-electron chi connectivity index (χ3n) is 2.42. The van der Waals surface area contributed by atoms with Crippen molar-refractivity contribution in [2.24, 2.45) is 11.5 Å². The van der Waals surface area contributed by atoms with Crippen LogP contribution in [0.15, 0.2) is 0 Å². The van der Waals surface area contributed by atoms with Crippen LogP contribution in [0.2, 0.25) is 0 Å². The summed E-state index contributed by atoms with van der Waals surface area (Å²) in [4.78, 5) is 33.7. The minimum absolute atomic E-state index is 0.151. The average molecular weight is 231 g/mol. The number of hydrogen-bond donors (Lipinski definition) is 3. The fraction of sp³-hybridized carbons (Fsp3) is 0.625. The molecular weight excluding hydrogens is 218 g/mol. The molecule has 8 nitrogen and oxygen atoms in total. The van der Waals surface area contributed by atoms with Gasteiger partial charge in [-0.05, 0) is 6.42 Å². The van der Waals surface area contributed by atoms with Gasteiger partial charge in [0.05, 0.1) is 0 Å². The van der Waals surface area contributed by atoms with Crippen LogP contribution in [0.4, 0.5) is 4.79 Å². The Bertz CT molecular complexity index is 332. The van der Waals surface area contributed by atoms with Gasteiger partial charge in [-0.15, -0.1) is 0 Å². The van der Waals surface area contributed by atoms with Gasteiger partial charge < -0.3 is 21.3 Å². The smallest absolute Gasteiger partial charge is 0.329 e. The summed E-state index contributed by atoms with van der Waals surface area (Å²) in [7, 11) is 0. The lowest BCUT2D eigenvalue weighted by molar-refractivity contribution is -0.171. The Morgan fingerprint density at radius 1 is 1.38 bits per heavy atom. The van der Waals surface area contributed by atoms with Crippen LogP contribution in [0, 0.1) is 0 Å². The Morgan fingerprint density at radius 2 is 2.00 bits per heavy atom. The monoisotopic (exact) mass is 231 g/mol. The zero-order valence-electron chi connectivity index (χ0n) is 8.51. The van der Waals surface area contributed by atoms with Crippen LogP contribution in [-0.2, 0) is 14.3 Å². The number of aliphatic carboxylic acids is 1. The van der Waals surface area contributed by atoms with Crippen LogP contribution in [0.25, 0.3) is 0 Å². The first kappa shape index (κ1) is 12.2. The Morgan fingerprint density at radius 3 is 2.44 bits per heavy atom. The molecule has 0 aromatic rings. The largest absolute Gasteiger partial charge is 0.480 e. The van der Waals surface area contributed by atoms with E-state index in [4.69, 9.17) is 21.3 Å². The van der Waals surface area contributed by atoms with Crippen molar-refractivity contribution in [3.63, 3.8) is 0 Å². The van der Waals surface area contributed by atoms with Crippen molar-refractivity contribution in [1.82, 2.24) is 4.90 Å². The number of carbonyl (C=O) groups excluding carboxylic acids is 2. The van der Waals surface area contributed by atoms with Gasteiger partial charge in [-0.1, -0.05) is 0 Å². The molecule has 1 saturated heterocycles. The maximum Gasteiger partial charge on any atom is 0.329 e. The molecule has 16 heavy (non-hydrogen) atoms. The van der Waals surface area contributed by atoms with Gasteiger partial charge in [-0.2, -0.15) is 0 Å². The molecule has 1 rings (SSSR count). The van der Waals surface area contributed by atoms with E-state index in [-0.39, 0.29) is 13.0 Å². The third-order valence-corrected chi connectivity index (χ3v) is 2.42. The highest BCUT2D eigenvalue weighted by molar-refractivity contribution is 5.89. The first-order valence-corrected chi connectivity index (χ1v) is 4.63. The molecular formula is C8H13N3O5. The molecule has 0 aliphatic carbocycles. The molecule has 1 heterocycles. The number of ether oxygens (including phenoxy) is 1. The van der Waals surface area contributed by atoms with Crippen molar-refractivity contribution >= 4 is 17.9 Å². The fourth-order valence-electron chi connectivity index (χ4n) is 1.74. The number of hydrogen-bond acceptors (Lipinski definition) is 4. The van der Waals surface area contributed by atoms with Crippen LogP contribution < -0.4 is 11.5 Å². The van der Waals surface area contributed by atoms with E-state index in [9.17, 15) is 14.4 Å². The van der Waals surface area contributed by atoms with Gasteiger partial charge in [0.2, 0.25) is 5.72 Å². The number of likely N-dealkylation sites (tertiary alicyclic amines) is 1. The molecule has 0 aromatic heterocycles. The summed E-state index contributed by atoms with van der Waals surface area (Å²) in [6.45, 7) is -0.495. The highest BCUT2D eigenvalue weighted by atomic mass is 16.5. The number of primary amides is 2. The number of amides is 3. The summed E-state index contributed by atoms with van der Waals surface area (Å²) < 4.78 is 4.94. The summed E-state index contributed by atoms with van der Waals surface area (Å²) in [6.07, 6.45) is 0.629. The van der Waals surface area contributed by atoms with Crippen LogP contribution in [-0.4, -0.2) is 46.8 Å². The molecule has 1 fully saturated rings. The van der Waals surface area contributed by atoms with Crippen LogP contribution in [0.3, 0.4) is 0 Å². The number of urea groups is 1. The highest BCUT2D eigenvalue weighted by Crippen LogP contribution is 2.30. The van der Waals surface area contributed by atoms with Crippen LogP contribution >= 0.6 is 0 Å². The lowest BCUT2D eigenvalue weighted by Gasteiger charge is -2.33. The maximum atomic E-state index is 11.3. The van der Waals surface area contributed by atoms with E-state index in [0.29, 0.717) is 6.42 Å². The third kappa shape index (κ3) is 2.06. The first-order valence-electron chi connectivity index (χ1n) is 4.63. The second-order valence-corrected chi connectivity index (χ2v) is 3.42. The summed E-state index contributed by atoms with van der Waals surface area (Å²) in [6, 6.07) is -0.860. The van der Waals surface area contributed by atoms with Gasteiger partial charge in [0.25, 0.3) is 5.91 Å². The van der Waals surface area contributed by atoms with E-state index >= 15 is 0 Å². The van der Waals surface area contributed by atoms with E-state index in [1.165, 1.54) is 0 Å². The van der Waals surface area contributed by atoms with Gasteiger partial charge in [0.1, 0.15) is 6.61 Å². The van der Waals surface area contributed by atoms with Crippen molar-refractivity contribution in [2.45, 2.75) is 18.6 Å². The van der Waals surface area contributed by atoms with Gasteiger partial charge in [0.15, 0.2) is 0 Å². The van der Waals surface area contributed by atoms with Crippen molar-refractivity contribution in [3.05, 3.63) is 0 Å². The molecule has 1 atom stereocenters. The Labute approximate surface area is 91.1 Å². The summed E-state index contributed by atoms with van der Waals surface area (Å²) in [5.41, 5.74) is 8.49. The summed E-state index contributed by atoms with van der Waals surface area (Å²) in [5.74, 6) is -2.16. The molecule has 90 valence electrons. The SMILES string of the molecule is NC(=O)N1CCCC1(OCC(=O)O)C(N)=O. The molecule has 0 bridgehead atoms. The number of carbonyl (C=O) groups is 3. The second-order valence-electron chi connectivity index (χ2n) is 3.42. The van der Waals surface area contributed by atoms with Gasteiger partial charge in [-0.3, -0.25) is 9.69 Å². The predicted octanol–water partition coefficient (Wildman–Crippen LogP) is -1.56. The maximum absolute atomic E-state index is 11.3. The van der Waals surface area contributed by atoms with Crippen molar-refractivity contribution in [3.8, 4) is 0 Å². The zero-order chi connectivity index (χ0) is 12.3. The quantitative estimate of drug-likeness (QED) is 0.537. The van der Waals surface area contributed by atoms with E-state index in [1.54, 1.807) is 0 Å². The Balaban J connectivity index is 2.90.